The van der Waals surface area contributed by atoms with Gasteiger partial charge in [-0.2, -0.15) is 0 Å². The van der Waals surface area contributed by atoms with Crippen LogP contribution in [0.25, 0.3) is 0 Å². The highest BCUT2D eigenvalue weighted by Gasteiger charge is 2.21. The molecule has 0 spiro atoms. The zero-order valence-electron chi connectivity index (χ0n) is 15.7. The van der Waals surface area contributed by atoms with Crippen molar-refractivity contribution in [1.82, 2.24) is 10.3 Å². The zero-order valence-corrected chi connectivity index (χ0v) is 17.3. The molecule has 0 bridgehead atoms. The van der Waals surface area contributed by atoms with Gasteiger partial charge in [0.1, 0.15) is 17.2 Å². The maximum absolute atomic E-state index is 13.4. The van der Waals surface area contributed by atoms with Gasteiger partial charge in [-0.3, -0.25) is 9.59 Å². The average Bonchev–Trinajstić information content (AvgIpc) is 3.16. The van der Waals surface area contributed by atoms with Crippen LogP contribution in [-0.2, 0) is 17.6 Å². The van der Waals surface area contributed by atoms with Crippen molar-refractivity contribution in [1.29, 1.82) is 0 Å². The fourth-order valence-electron chi connectivity index (χ4n) is 2.75. The summed E-state index contributed by atoms with van der Waals surface area (Å²) in [6.45, 7) is 1.39. The summed E-state index contributed by atoms with van der Waals surface area (Å²) in [7, 11) is 0. The molecule has 154 valence electrons. The SMILES string of the molecule is CC(=O)Nc1ccc(C(=O)Cc2nonc2/C(Cc2ccc(F)c(Br)c2)=N/O)cc1. The summed E-state index contributed by atoms with van der Waals surface area (Å²) < 4.78 is 18.4. The van der Waals surface area contributed by atoms with Crippen LogP contribution in [0.3, 0.4) is 0 Å². The Labute approximate surface area is 178 Å². The van der Waals surface area contributed by atoms with Crippen molar-refractivity contribution < 1.29 is 23.8 Å². The van der Waals surface area contributed by atoms with E-state index in [9.17, 15) is 19.2 Å². The lowest BCUT2D eigenvalue weighted by molar-refractivity contribution is -0.114. The summed E-state index contributed by atoms with van der Waals surface area (Å²) in [4.78, 5) is 23.7. The lowest BCUT2D eigenvalue weighted by Gasteiger charge is -2.05. The van der Waals surface area contributed by atoms with Crippen LogP contribution in [0.1, 0.15) is 34.2 Å². The third kappa shape index (κ3) is 5.15. The predicted molar refractivity (Wildman–Crippen MR) is 109 cm³/mol. The highest BCUT2D eigenvalue weighted by molar-refractivity contribution is 9.10. The van der Waals surface area contributed by atoms with E-state index in [2.05, 4.69) is 36.7 Å². The molecule has 0 radical (unpaired) electrons. The lowest BCUT2D eigenvalue weighted by Crippen LogP contribution is -2.12. The number of halogens is 2. The third-order valence-electron chi connectivity index (χ3n) is 4.16. The fraction of sp³-hybridized carbons (Fsp3) is 0.150. The molecule has 2 aromatic carbocycles. The molecule has 0 atom stereocenters. The molecule has 0 fully saturated rings. The topological polar surface area (TPSA) is 118 Å². The molecule has 2 N–H and O–H groups in total. The number of oxime groups is 1. The van der Waals surface area contributed by atoms with E-state index in [1.807, 2.05) is 0 Å². The summed E-state index contributed by atoms with van der Waals surface area (Å²) >= 11 is 3.11. The maximum Gasteiger partial charge on any atom is 0.221 e. The Morgan fingerprint density at radius 3 is 2.53 bits per heavy atom. The number of carbonyl (C=O) groups is 2. The molecule has 3 aromatic rings. The van der Waals surface area contributed by atoms with Gasteiger partial charge in [0.15, 0.2) is 11.5 Å². The summed E-state index contributed by atoms with van der Waals surface area (Å²) in [5.41, 5.74) is 2.11. The fourth-order valence-corrected chi connectivity index (χ4v) is 3.17. The van der Waals surface area contributed by atoms with Gasteiger partial charge in [0.05, 0.1) is 10.9 Å². The molecule has 0 aliphatic rings. The number of amides is 1. The van der Waals surface area contributed by atoms with Gasteiger partial charge in [-0.25, -0.2) is 9.02 Å². The number of Topliss-reactive ketones (excluding diaryl/α,β-unsaturated/α-hetero) is 1. The second kappa shape index (κ2) is 9.40. The Balaban J connectivity index is 1.75. The predicted octanol–water partition coefficient (Wildman–Crippen LogP) is 3.78. The van der Waals surface area contributed by atoms with Gasteiger partial charge in [0.2, 0.25) is 5.91 Å². The second-order valence-electron chi connectivity index (χ2n) is 6.39. The number of ketones is 1. The smallest absolute Gasteiger partial charge is 0.221 e. The normalized spacial score (nSPS) is 11.4. The van der Waals surface area contributed by atoms with Crippen LogP contribution in [0.2, 0.25) is 0 Å². The van der Waals surface area contributed by atoms with E-state index in [0.717, 1.165) is 0 Å². The Hall–Kier alpha value is -3.40. The van der Waals surface area contributed by atoms with Crippen LogP contribution in [-0.4, -0.2) is 32.9 Å². The zero-order chi connectivity index (χ0) is 21.7. The van der Waals surface area contributed by atoms with E-state index < -0.39 is 5.82 Å². The minimum Gasteiger partial charge on any atom is -0.411 e. The Morgan fingerprint density at radius 2 is 1.90 bits per heavy atom. The largest absolute Gasteiger partial charge is 0.411 e. The number of rotatable bonds is 7. The van der Waals surface area contributed by atoms with E-state index in [0.29, 0.717) is 16.8 Å². The lowest BCUT2D eigenvalue weighted by atomic mass is 10.0. The van der Waals surface area contributed by atoms with Crippen LogP contribution < -0.4 is 5.32 Å². The first-order chi connectivity index (χ1) is 14.4. The van der Waals surface area contributed by atoms with Gasteiger partial charge < -0.3 is 10.5 Å². The number of nitrogens with zero attached hydrogens (tertiary/aromatic N) is 3. The molecule has 1 amide bonds. The first-order valence-electron chi connectivity index (χ1n) is 8.75. The van der Waals surface area contributed by atoms with Crippen LogP contribution in [0.4, 0.5) is 10.1 Å². The van der Waals surface area contributed by atoms with Crippen LogP contribution in [0.15, 0.2) is 56.7 Å². The molecule has 10 heteroatoms. The van der Waals surface area contributed by atoms with Gasteiger partial charge in [0, 0.05) is 24.6 Å². The van der Waals surface area contributed by atoms with Crippen molar-refractivity contribution >= 4 is 39.0 Å². The van der Waals surface area contributed by atoms with Gasteiger partial charge in [0.25, 0.3) is 0 Å². The van der Waals surface area contributed by atoms with E-state index in [1.54, 1.807) is 36.4 Å². The number of carbonyl (C=O) groups excluding carboxylic acids is 2. The van der Waals surface area contributed by atoms with E-state index in [4.69, 9.17) is 4.63 Å². The molecule has 3 rings (SSSR count). The minimum atomic E-state index is -0.417. The molecule has 1 aromatic heterocycles. The van der Waals surface area contributed by atoms with Gasteiger partial charge in [-0.15, -0.1) is 0 Å². The van der Waals surface area contributed by atoms with Crippen LogP contribution in [0.5, 0.6) is 0 Å². The molecule has 0 unspecified atom stereocenters. The molecule has 0 aliphatic carbocycles. The Bertz CT molecular complexity index is 1110. The van der Waals surface area contributed by atoms with Gasteiger partial charge in [-0.05, 0) is 63.0 Å². The minimum absolute atomic E-state index is 0.121. The van der Waals surface area contributed by atoms with Gasteiger partial charge >= 0.3 is 0 Å². The Kier molecular flexibility index (Phi) is 6.68. The van der Waals surface area contributed by atoms with Crippen molar-refractivity contribution in [2.45, 2.75) is 19.8 Å². The number of hydrogen-bond acceptors (Lipinski definition) is 7. The number of benzene rings is 2. The third-order valence-corrected chi connectivity index (χ3v) is 4.77. The molecule has 0 aliphatic heterocycles. The summed E-state index contributed by atoms with van der Waals surface area (Å²) in [5.74, 6) is -0.889. The highest BCUT2D eigenvalue weighted by Crippen LogP contribution is 2.19. The van der Waals surface area contributed by atoms with Crippen molar-refractivity contribution in [3.05, 3.63) is 75.3 Å². The first kappa shape index (κ1) is 21.3. The van der Waals surface area contributed by atoms with Crippen molar-refractivity contribution in [3.63, 3.8) is 0 Å². The van der Waals surface area contributed by atoms with Crippen LogP contribution in [0, 0.1) is 5.82 Å². The molecular weight excluding hydrogens is 459 g/mol. The molecule has 1 heterocycles. The van der Waals surface area contributed by atoms with E-state index in [-0.39, 0.29) is 46.1 Å². The number of nitrogens with one attached hydrogen (secondary N) is 1. The molecule has 8 nitrogen and oxygen atoms in total. The molecular formula is C20H16BrFN4O4. The van der Waals surface area contributed by atoms with Gasteiger partial charge in [-0.1, -0.05) is 16.4 Å². The summed E-state index contributed by atoms with van der Waals surface area (Å²) in [6, 6.07) is 10.8. The Morgan fingerprint density at radius 1 is 1.17 bits per heavy atom. The summed E-state index contributed by atoms with van der Waals surface area (Å²) in [6.07, 6.45) is -0.0132. The number of aromatic nitrogens is 2. The number of anilines is 1. The highest BCUT2D eigenvalue weighted by atomic mass is 79.9. The standard InChI is InChI=1S/C20H16BrFN4O4/c1-11(27)23-14-5-3-13(4-6-14)19(28)10-18-20(26-30-25-18)17(24-29)9-12-2-7-16(22)15(21)8-12/h2-8,29H,9-10H2,1H3,(H,23,27)/b24-17+. The molecule has 30 heavy (non-hydrogen) atoms. The van der Waals surface area contributed by atoms with Crippen LogP contribution >= 0.6 is 15.9 Å². The maximum atomic E-state index is 13.4. The van der Waals surface area contributed by atoms with E-state index in [1.165, 1.54) is 13.0 Å². The number of hydrogen-bond donors (Lipinski definition) is 2. The van der Waals surface area contributed by atoms with Crippen molar-refractivity contribution in [3.8, 4) is 0 Å². The van der Waals surface area contributed by atoms with Crippen molar-refractivity contribution in [2.24, 2.45) is 5.16 Å². The molecule has 0 saturated carbocycles. The first-order valence-corrected chi connectivity index (χ1v) is 9.54. The quantitative estimate of drug-likeness (QED) is 0.233. The van der Waals surface area contributed by atoms with Crippen molar-refractivity contribution in [2.75, 3.05) is 5.32 Å². The molecule has 0 saturated heterocycles. The van der Waals surface area contributed by atoms with E-state index >= 15 is 0 Å². The average molecular weight is 475 g/mol. The second-order valence-corrected chi connectivity index (χ2v) is 7.24. The monoisotopic (exact) mass is 474 g/mol. The summed E-state index contributed by atoms with van der Waals surface area (Å²) in [5, 5.41) is 22.8.